The molecular weight excluding hydrogens is 688 g/mol. The van der Waals surface area contributed by atoms with Gasteiger partial charge in [0.1, 0.15) is 23.5 Å². The van der Waals surface area contributed by atoms with E-state index in [0.29, 0.717) is 43.4 Å². The molecule has 284 valence electrons. The Morgan fingerprint density at radius 2 is 1.83 bits per heavy atom. The molecule has 3 saturated carbocycles. The summed E-state index contributed by atoms with van der Waals surface area (Å²) in [7, 11) is 1.99. The van der Waals surface area contributed by atoms with Crippen molar-refractivity contribution < 1.29 is 42.9 Å². The van der Waals surface area contributed by atoms with E-state index in [1.54, 1.807) is 31.4 Å². The fourth-order valence-corrected chi connectivity index (χ4v) is 11.1. The number of Topliss-reactive ketones (excluding diaryl/α,β-unsaturated/α-hetero) is 1. The number of hydrogen-bond acceptors (Lipinski definition) is 10. The standard InChI is InChI=1S/C40H47F2N3O8/c1-21-14-28-27-7-6-23-15-24(46)8-9-37(23,3)39(27,42)30(47)17-38(28,4)40(21,51)31(48)20-53-36(50)26-18-45-22(2)19-52-35-32(45)25(34(26)49)16-29(41)33(35)44-12-10-43(5)11-13-44/h8-9,15-16,18,21-22,27-28,30,47,51H,6-7,10-14,17,19-20H2,1-5H3/t21-,22+,27+,28+,30+,37+,38+,39+,40+/m0/s1. The first kappa shape index (κ1) is 36.1. The van der Waals surface area contributed by atoms with Gasteiger partial charge in [0.15, 0.2) is 29.6 Å². The monoisotopic (exact) mass is 735 g/mol. The largest absolute Gasteiger partial charge is 0.487 e. The average molecular weight is 736 g/mol. The van der Waals surface area contributed by atoms with E-state index in [1.165, 1.54) is 18.3 Å². The first-order valence-electron chi connectivity index (χ1n) is 18.7. The third kappa shape index (κ3) is 4.78. The Hall–Kier alpha value is -3.94. The first-order valence-corrected chi connectivity index (χ1v) is 18.7. The van der Waals surface area contributed by atoms with E-state index in [-0.39, 0.29) is 47.2 Å². The van der Waals surface area contributed by atoms with Crippen molar-refractivity contribution >= 4 is 34.1 Å². The van der Waals surface area contributed by atoms with Crippen LogP contribution in [0.15, 0.2) is 40.9 Å². The molecule has 0 bridgehead atoms. The number of halogens is 2. The van der Waals surface area contributed by atoms with Crippen LogP contribution in [0.2, 0.25) is 0 Å². The normalized spacial score (nSPS) is 37.8. The third-order valence-corrected chi connectivity index (χ3v) is 14.2. The van der Waals surface area contributed by atoms with Crippen molar-refractivity contribution in [1.29, 1.82) is 0 Å². The number of aliphatic hydroxyl groups excluding tert-OH is 1. The number of fused-ring (bicyclic) bond motifs is 5. The van der Waals surface area contributed by atoms with Gasteiger partial charge in [0.05, 0.1) is 23.0 Å². The molecule has 3 heterocycles. The van der Waals surface area contributed by atoms with Crippen LogP contribution >= 0.6 is 0 Å². The SMILES string of the molecule is C[C@@H]1COc2c(N3CCN(C)CC3)c(F)cc3c(=O)c(C(=O)OCC(=O)[C@]4(O)[C@@H](C)C[C@@H]5[C@H]6CCC7=CC(=O)C=C[C@@]7(C)[C@]6(F)[C@H](O)C[C@]54C)cn1c23. The predicted molar refractivity (Wildman–Crippen MR) is 191 cm³/mol. The number of anilines is 1. The minimum absolute atomic E-state index is 0.0524. The maximum absolute atomic E-state index is 17.6. The molecule has 6 aliphatic rings. The number of ketones is 2. The maximum Gasteiger partial charge on any atom is 0.344 e. The number of benzene rings is 1. The zero-order valence-electron chi connectivity index (χ0n) is 30.8. The number of carbonyl (C=O) groups is 3. The van der Waals surface area contributed by atoms with Crippen molar-refractivity contribution in [2.75, 3.05) is 51.3 Å². The fraction of sp³-hybridized carbons (Fsp3) is 0.600. The van der Waals surface area contributed by atoms with Crippen molar-refractivity contribution in [1.82, 2.24) is 9.47 Å². The molecule has 1 saturated heterocycles. The Morgan fingerprint density at radius 3 is 2.55 bits per heavy atom. The Balaban J connectivity index is 1.07. The van der Waals surface area contributed by atoms with E-state index in [4.69, 9.17) is 9.47 Å². The van der Waals surface area contributed by atoms with Crippen LogP contribution in [0.4, 0.5) is 14.5 Å². The van der Waals surface area contributed by atoms with Crippen molar-refractivity contribution in [2.24, 2.45) is 28.6 Å². The van der Waals surface area contributed by atoms with Crippen LogP contribution in [-0.2, 0) is 14.3 Å². The topological polar surface area (TPSA) is 139 Å². The van der Waals surface area contributed by atoms with Crippen molar-refractivity contribution in [3.05, 3.63) is 57.7 Å². The van der Waals surface area contributed by atoms with Crippen molar-refractivity contribution in [3.8, 4) is 5.75 Å². The van der Waals surface area contributed by atoms with Gasteiger partial charge in [-0.3, -0.25) is 14.4 Å². The van der Waals surface area contributed by atoms with Gasteiger partial charge in [-0.05, 0) is 76.6 Å². The second-order valence-electron chi connectivity index (χ2n) is 16.8. The number of aromatic nitrogens is 1. The number of aliphatic hydroxyl groups is 2. The molecule has 8 rings (SSSR count). The van der Waals surface area contributed by atoms with Crippen LogP contribution in [0.1, 0.15) is 69.8 Å². The number of piperazine rings is 1. The summed E-state index contributed by atoms with van der Waals surface area (Å²) in [6.07, 6.45) is 4.99. The smallest absolute Gasteiger partial charge is 0.344 e. The molecule has 1 aromatic heterocycles. The Kier molecular flexibility index (Phi) is 8.18. The summed E-state index contributed by atoms with van der Waals surface area (Å²) >= 11 is 0. The lowest BCUT2D eigenvalue weighted by molar-refractivity contribution is -0.219. The first-order chi connectivity index (χ1) is 25.0. The number of carbonyl (C=O) groups excluding carboxylic acids is 3. The quantitative estimate of drug-likeness (QED) is 0.435. The van der Waals surface area contributed by atoms with Gasteiger partial charge in [0.25, 0.3) is 0 Å². The van der Waals surface area contributed by atoms with E-state index in [0.717, 1.165) is 19.2 Å². The maximum atomic E-state index is 17.6. The second kappa shape index (κ2) is 12.0. The molecule has 2 aliphatic heterocycles. The molecule has 53 heavy (non-hydrogen) atoms. The summed E-state index contributed by atoms with van der Waals surface area (Å²) in [5.74, 6) is -4.41. The highest BCUT2D eigenvalue weighted by Crippen LogP contribution is 2.70. The van der Waals surface area contributed by atoms with Crippen LogP contribution in [0, 0.1) is 34.4 Å². The van der Waals surface area contributed by atoms with Gasteiger partial charge in [-0.25, -0.2) is 13.6 Å². The van der Waals surface area contributed by atoms with Gasteiger partial charge in [-0.2, -0.15) is 0 Å². The molecule has 1 aromatic carbocycles. The third-order valence-electron chi connectivity index (χ3n) is 14.2. The number of esters is 1. The number of nitrogens with zero attached hydrogens (tertiary/aromatic N) is 3. The molecule has 9 atom stereocenters. The minimum atomic E-state index is -2.13. The molecule has 0 amide bonds. The zero-order valence-corrected chi connectivity index (χ0v) is 30.8. The Morgan fingerprint density at radius 1 is 1.11 bits per heavy atom. The highest BCUT2D eigenvalue weighted by molar-refractivity contribution is 6.01. The molecular formula is C40H47F2N3O8. The lowest BCUT2D eigenvalue weighted by Gasteiger charge is -2.62. The minimum Gasteiger partial charge on any atom is -0.487 e. The summed E-state index contributed by atoms with van der Waals surface area (Å²) in [5.41, 5.74) is -6.58. The van der Waals surface area contributed by atoms with Crippen LogP contribution in [0.3, 0.4) is 0 Å². The van der Waals surface area contributed by atoms with E-state index in [2.05, 4.69) is 4.90 Å². The highest BCUT2D eigenvalue weighted by Gasteiger charge is 2.75. The van der Waals surface area contributed by atoms with Gasteiger partial charge < -0.3 is 34.1 Å². The van der Waals surface area contributed by atoms with Crippen LogP contribution < -0.4 is 15.1 Å². The van der Waals surface area contributed by atoms with Crippen molar-refractivity contribution in [2.45, 2.75) is 76.8 Å². The summed E-state index contributed by atoms with van der Waals surface area (Å²) in [6, 6.07) is 0.809. The Bertz CT molecular complexity index is 2070. The molecule has 0 radical (unpaired) electrons. The van der Waals surface area contributed by atoms with E-state index in [1.807, 2.05) is 18.9 Å². The molecule has 11 nitrogen and oxygen atoms in total. The van der Waals surface area contributed by atoms with E-state index < -0.39 is 75.6 Å². The average Bonchev–Trinajstić information content (AvgIpc) is 3.32. The summed E-state index contributed by atoms with van der Waals surface area (Å²) in [4.78, 5) is 57.8. The van der Waals surface area contributed by atoms with Crippen LogP contribution in [0.25, 0.3) is 10.9 Å². The number of ether oxygens (including phenoxy) is 2. The molecule has 0 unspecified atom stereocenters. The van der Waals surface area contributed by atoms with Gasteiger partial charge >= 0.3 is 5.97 Å². The molecule has 2 N–H and O–H groups in total. The number of pyridine rings is 1. The number of hydrogen-bond donors (Lipinski definition) is 2. The molecule has 2 aromatic rings. The lowest BCUT2D eigenvalue weighted by Crippen LogP contribution is -2.69. The summed E-state index contributed by atoms with van der Waals surface area (Å²) in [5, 5.41) is 23.9. The van der Waals surface area contributed by atoms with Crippen LogP contribution in [0.5, 0.6) is 5.75 Å². The van der Waals surface area contributed by atoms with E-state index in [9.17, 15) is 29.4 Å². The number of likely N-dealkylation sites (N-methyl/N-ethyl adjacent to an activating group) is 1. The number of allylic oxidation sites excluding steroid dienone is 4. The second-order valence-corrected chi connectivity index (χ2v) is 16.8. The highest BCUT2D eigenvalue weighted by atomic mass is 19.1. The number of rotatable bonds is 5. The summed E-state index contributed by atoms with van der Waals surface area (Å²) in [6.45, 7) is 8.86. The molecule has 4 aliphatic carbocycles. The Labute approximate surface area is 306 Å². The van der Waals surface area contributed by atoms with Gasteiger partial charge in [0.2, 0.25) is 11.2 Å². The number of alkyl halides is 1. The molecule has 4 fully saturated rings. The molecule has 13 heteroatoms. The van der Waals surface area contributed by atoms with Gasteiger partial charge in [-0.15, -0.1) is 0 Å². The van der Waals surface area contributed by atoms with Gasteiger partial charge in [0, 0.05) is 49.1 Å². The predicted octanol–water partition coefficient (Wildman–Crippen LogP) is 3.92. The molecule has 0 spiro atoms. The van der Waals surface area contributed by atoms with Crippen LogP contribution in [-0.4, -0.2) is 101 Å². The van der Waals surface area contributed by atoms with Crippen molar-refractivity contribution in [3.63, 3.8) is 0 Å². The van der Waals surface area contributed by atoms with Gasteiger partial charge in [-0.1, -0.05) is 25.5 Å². The van der Waals surface area contributed by atoms with E-state index >= 15 is 8.78 Å². The lowest BCUT2D eigenvalue weighted by atomic mass is 9.44. The summed E-state index contributed by atoms with van der Waals surface area (Å²) < 4.78 is 46.6. The fourth-order valence-electron chi connectivity index (χ4n) is 11.1. The zero-order chi connectivity index (χ0) is 38.0.